The van der Waals surface area contributed by atoms with E-state index in [0.29, 0.717) is 5.92 Å². The third-order valence-electron chi connectivity index (χ3n) is 2.44. The zero-order chi connectivity index (χ0) is 11.3. The molecule has 1 aromatic rings. The van der Waals surface area contributed by atoms with Gasteiger partial charge in [0, 0.05) is 5.92 Å². The van der Waals surface area contributed by atoms with E-state index in [1.165, 1.54) is 17.3 Å². The van der Waals surface area contributed by atoms with E-state index in [1.807, 2.05) is 6.92 Å². The van der Waals surface area contributed by atoms with Crippen LogP contribution in [0, 0.1) is 5.92 Å². The van der Waals surface area contributed by atoms with Gasteiger partial charge in [0.25, 0.3) is 0 Å². The Morgan fingerprint density at radius 1 is 1.20 bits per heavy atom. The fourth-order valence-corrected chi connectivity index (χ4v) is 1.61. The number of hydrogen-bond acceptors (Lipinski definition) is 2. The Morgan fingerprint density at radius 2 is 1.80 bits per heavy atom. The molecule has 0 saturated heterocycles. The smallest absolute Gasteiger partial charge is 0.0507 e. The van der Waals surface area contributed by atoms with Crippen molar-refractivity contribution in [2.24, 2.45) is 11.1 Å². The normalized spacial score (nSPS) is 13.6. The summed E-state index contributed by atoms with van der Waals surface area (Å²) in [6.45, 7) is 6.45. The van der Waals surface area contributed by atoms with Crippen molar-refractivity contribution in [3.05, 3.63) is 35.4 Å². The summed E-state index contributed by atoms with van der Waals surface area (Å²) < 4.78 is 0. The second kappa shape index (κ2) is 5.54. The number of nitrogens with zero attached hydrogens (tertiary/aromatic N) is 1. The quantitative estimate of drug-likeness (QED) is 0.456. The second-order valence-corrected chi connectivity index (χ2v) is 4.39. The highest BCUT2D eigenvalue weighted by Crippen LogP contribution is 2.15. The fraction of sp³-hybridized carbons (Fsp3) is 0.462. The number of rotatable bonds is 4. The lowest BCUT2D eigenvalue weighted by Crippen LogP contribution is -1.97. The minimum absolute atomic E-state index is 0.170. The largest absolute Gasteiger partial charge is 0.411 e. The molecule has 2 heteroatoms. The van der Waals surface area contributed by atoms with E-state index >= 15 is 0 Å². The van der Waals surface area contributed by atoms with Crippen molar-refractivity contribution in [2.75, 3.05) is 0 Å². The lowest BCUT2D eigenvalue weighted by molar-refractivity contribution is 0.320. The van der Waals surface area contributed by atoms with E-state index in [2.05, 4.69) is 43.3 Å². The Balaban J connectivity index is 2.71. The molecule has 0 bridgehead atoms. The van der Waals surface area contributed by atoms with Gasteiger partial charge in [-0.15, -0.1) is 5.16 Å². The number of benzene rings is 1. The van der Waals surface area contributed by atoms with E-state index in [0.717, 1.165) is 6.42 Å². The van der Waals surface area contributed by atoms with Crippen molar-refractivity contribution in [2.45, 2.75) is 33.1 Å². The topological polar surface area (TPSA) is 32.6 Å². The average Bonchev–Trinajstić information content (AvgIpc) is 2.18. The summed E-state index contributed by atoms with van der Waals surface area (Å²) in [5.74, 6) is 0.857. The molecule has 0 amide bonds. The first kappa shape index (κ1) is 11.8. The van der Waals surface area contributed by atoms with Crippen molar-refractivity contribution in [1.29, 1.82) is 0 Å². The van der Waals surface area contributed by atoms with Crippen LogP contribution in [0.15, 0.2) is 29.4 Å². The highest BCUT2D eigenvalue weighted by Gasteiger charge is 2.03. The van der Waals surface area contributed by atoms with E-state index in [9.17, 15) is 0 Å². The predicted molar refractivity (Wildman–Crippen MR) is 63.7 cm³/mol. The van der Waals surface area contributed by atoms with Crippen LogP contribution in [-0.2, 0) is 6.42 Å². The molecule has 0 heterocycles. The molecule has 0 radical (unpaired) electrons. The Hall–Kier alpha value is -1.31. The van der Waals surface area contributed by atoms with E-state index in [-0.39, 0.29) is 5.92 Å². The third kappa shape index (κ3) is 3.74. The van der Waals surface area contributed by atoms with Crippen LogP contribution in [-0.4, -0.2) is 11.4 Å². The molecular weight excluding hydrogens is 186 g/mol. The Bertz CT molecular complexity index is 314. The molecule has 0 fully saturated rings. The van der Waals surface area contributed by atoms with Crippen LogP contribution in [0.2, 0.25) is 0 Å². The molecule has 0 spiro atoms. The minimum Gasteiger partial charge on any atom is -0.411 e. The van der Waals surface area contributed by atoms with Crippen LogP contribution < -0.4 is 0 Å². The first-order valence-corrected chi connectivity index (χ1v) is 5.40. The molecule has 0 aliphatic heterocycles. The van der Waals surface area contributed by atoms with Crippen LogP contribution in [0.4, 0.5) is 0 Å². The Kier molecular flexibility index (Phi) is 4.35. The summed E-state index contributed by atoms with van der Waals surface area (Å²) in [7, 11) is 0. The highest BCUT2D eigenvalue weighted by atomic mass is 16.4. The number of oxime groups is 1. The standard InChI is InChI=1S/C13H19NO/c1-10(2)8-12-4-6-13(7-5-12)11(3)9-14-15/h4-7,9-11,15H,8H2,1-3H3/t11-/m1/s1. The highest BCUT2D eigenvalue weighted by molar-refractivity contribution is 5.66. The lowest BCUT2D eigenvalue weighted by Gasteiger charge is -2.08. The first-order chi connectivity index (χ1) is 7.13. The second-order valence-electron chi connectivity index (χ2n) is 4.39. The molecule has 0 aliphatic carbocycles. The van der Waals surface area contributed by atoms with Crippen LogP contribution in [0.1, 0.15) is 37.8 Å². The minimum atomic E-state index is 0.170. The maximum Gasteiger partial charge on any atom is 0.0507 e. The van der Waals surface area contributed by atoms with Gasteiger partial charge in [-0.2, -0.15) is 0 Å². The van der Waals surface area contributed by atoms with Gasteiger partial charge in [0.15, 0.2) is 0 Å². The summed E-state index contributed by atoms with van der Waals surface area (Å²) in [6.07, 6.45) is 2.65. The average molecular weight is 205 g/mol. The van der Waals surface area contributed by atoms with Crippen molar-refractivity contribution in [3.8, 4) is 0 Å². The molecule has 0 saturated carbocycles. The Labute approximate surface area is 91.6 Å². The van der Waals surface area contributed by atoms with Gasteiger partial charge < -0.3 is 5.21 Å². The third-order valence-corrected chi connectivity index (χ3v) is 2.44. The van der Waals surface area contributed by atoms with Crippen molar-refractivity contribution in [1.82, 2.24) is 0 Å². The van der Waals surface area contributed by atoms with E-state index in [4.69, 9.17) is 5.21 Å². The van der Waals surface area contributed by atoms with Gasteiger partial charge in [-0.05, 0) is 23.5 Å². The zero-order valence-electron chi connectivity index (χ0n) is 9.64. The molecule has 15 heavy (non-hydrogen) atoms. The SMILES string of the molecule is CC(C)Cc1ccc([C@H](C)C=NO)cc1. The summed E-state index contributed by atoms with van der Waals surface area (Å²) >= 11 is 0. The predicted octanol–water partition coefficient (Wildman–Crippen LogP) is 3.45. The molecule has 1 N–H and O–H groups in total. The molecule has 82 valence electrons. The van der Waals surface area contributed by atoms with Crippen molar-refractivity contribution in [3.63, 3.8) is 0 Å². The van der Waals surface area contributed by atoms with Crippen molar-refractivity contribution < 1.29 is 5.21 Å². The molecule has 1 rings (SSSR count). The van der Waals surface area contributed by atoms with Gasteiger partial charge in [-0.1, -0.05) is 45.0 Å². The van der Waals surface area contributed by atoms with Crippen LogP contribution >= 0.6 is 0 Å². The van der Waals surface area contributed by atoms with E-state index < -0.39 is 0 Å². The lowest BCUT2D eigenvalue weighted by atomic mass is 9.97. The summed E-state index contributed by atoms with van der Waals surface area (Å²) in [6, 6.07) is 8.50. The summed E-state index contributed by atoms with van der Waals surface area (Å²) in [5.41, 5.74) is 2.54. The Morgan fingerprint density at radius 3 is 2.27 bits per heavy atom. The first-order valence-electron chi connectivity index (χ1n) is 5.40. The molecule has 1 aromatic carbocycles. The summed E-state index contributed by atoms with van der Waals surface area (Å²) in [5, 5.41) is 11.5. The van der Waals surface area contributed by atoms with Crippen LogP contribution in [0.5, 0.6) is 0 Å². The molecule has 2 nitrogen and oxygen atoms in total. The van der Waals surface area contributed by atoms with Gasteiger partial charge in [0.2, 0.25) is 0 Å². The molecule has 0 aliphatic rings. The fourth-order valence-electron chi connectivity index (χ4n) is 1.61. The summed E-state index contributed by atoms with van der Waals surface area (Å²) in [4.78, 5) is 0. The number of hydrogen-bond donors (Lipinski definition) is 1. The van der Waals surface area contributed by atoms with Gasteiger partial charge in [0.05, 0.1) is 6.21 Å². The van der Waals surface area contributed by atoms with Gasteiger partial charge in [-0.25, -0.2) is 0 Å². The maximum absolute atomic E-state index is 8.44. The molecule has 1 atom stereocenters. The van der Waals surface area contributed by atoms with Crippen molar-refractivity contribution >= 4 is 6.21 Å². The van der Waals surface area contributed by atoms with Crippen LogP contribution in [0.3, 0.4) is 0 Å². The molecule has 0 unspecified atom stereocenters. The van der Waals surface area contributed by atoms with E-state index in [1.54, 1.807) is 0 Å². The zero-order valence-corrected chi connectivity index (χ0v) is 9.64. The van der Waals surface area contributed by atoms with Gasteiger partial charge >= 0.3 is 0 Å². The maximum atomic E-state index is 8.44. The van der Waals surface area contributed by atoms with Crippen LogP contribution in [0.25, 0.3) is 0 Å². The monoisotopic (exact) mass is 205 g/mol. The molecular formula is C13H19NO. The van der Waals surface area contributed by atoms with Gasteiger partial charge in [0.1, 0.15) is 0 Å². The molecule has 0 aromatic heterocycles. The van der Waals surface area contributed by atoms with Gasteiger partial charge in [-0.3, -0.25) is 0 Å².